The van der Waals surface area contributed by atoms with Crippen LogP contribution in [0.5, 0.6) is 0 Å². The topological polar surface area (TPSA) is 109 Å². The number of carbonyl (C=O) groups is 1. The van der Waals surface area contributed by atoms with E-state index >= 15 is 0 Å². The van der Waals surface area contributed by atoms with Gasteiger partial charge in [-0.1, -0.05) is 11.6 Å². The molecule has 1 N–H and O–H groups in total. The summed E-state index contributed by atoms with van der Waals surface area (Å²) in [5.74, 6) is 1.43. The fourth-order valence-corrected chi connectivity index (χ4v) is 6.27. The highest BCUT2D eigenvalue weighted by atomic mass is 32.2. The molecular weight excluding hydrogens is 406 g/mol. The second-order valence-electron chi connectivity index (χ2n) is 9.08. The van der Waals surface area contributed by atoms with Gasteiger partial charge < -0.3 is 14.3 Å². The third-order valence-electron chi connectivity index (χ3n) is 7.00. The molecule has 1 amide bonds. The maximum atomic E-state index is 13.0. The van der Waals surface area contributed by atoms with E-state index in [0.29, 0.717) is 44.1 Å². The number of hydrogen-bond acceptors (Lipinski definition) is 7. The smallest absolute Gasteiger partial charge is 0.235 e. The Bertz CT molecular complexity index is 866. The lowest BCUT2D eigenvalue weighted by molar-refractivity contribution is -0.131. The lowest BCUT2D eigenvalue weighted by Gasteiger charge is -2.28. The van der Waals surface area contributed by atoms with E-state index in [9.17, 15) is 13.2 Å². The number of hydrogen-bond donors (Lipinski definition) is 1. The van der Waals surface area contributed by atoms with Crippen LogP contribution in [0.25, 0.3) is 0 Å². The molecule has 2 saturated heterocycles. The van der Waals surface area contributed by atoms with E-state index in [1.807, 2.05) is 4.90 Å². The van der Waals surface area contributed by atoms with Gasteiger partial charge in [-0.3, -0.25) is 4.79 Å². The molecule has 1 aromatic rings. The van der Waals surface area contributed by atoms with Gasteiger partial charge in [-0.15, -0.1) is 0 Å². The largest absolute Gasteiger partial charge is 0.341 e. The molecule has 0 aromatic carbocycles. The summed E-state index contributed by atoms with van der Waals surface area (Å²) in [6.45, 7) is 7.53. The molecule has 1 aromatic heterocycles. The van der Waals surface area contributed by atoms with Crippen molar-refractivity contribution in [2.24, 2.45) is 5.92 Å². The summed E-state index contributed by atoms with van der Waals surface area (Å²) < 4.78 is 32.6. The summed E-state index contributed by atoms with van der Waals surface area (Å²) in [7, 11) is -3.29. The van der Waals surface area contributed by atoms with Gasteiger partial charge in [0.2, 0.25) is 21.8 Å². The first-order valence-corrected chi connectivity index (χ1v) is 12.8. The molecule has 0 radical (unpaired) electrons. The van der Waals surface area contributed by atoms with Crippen LogP contribution in [0.15, 0.2) is 4.52 Å². The van der Waals surface area contributed by atoms with Gasteiger partial charge in [0, 0.05) is 32.1 Å². The maximum absolute atomic E-state index is 13.0. The van der Waals surface area contributed by atoms with E-state index in [1.54, 1.807) is 13.8 Å². The predicted molar refractivity (Wildman–Crippen MR) is 111 cm³/mol. The fourth-order valence-electron chi connectivity index (χ4n) is 5.41. The highest BCUT2D eigenvalue weighted by Crippen LogP contribution is 2.50. The predicted octanol–water partition coefficient (Wildman–Crippen LogP) is 1.05. The number of aryl methyl sites for hydroxylation is 1. The van der Waals surface area contributed by atoms with Crippen LogP contribution in [0.4, 0.5) is 0 Å². The molecule has 4 rings (SSSR count). The Balaban J connectivity index is 1.46. The average Bonchev–Trinajstić information content (AvgIpc) is 3.39. The quantitative estimate of drug-likeness (QED) is 0.676. The summed E-state index contributed by atoms with van der Waals surface area (Å²) in [4.78, 5) is 21.8. The SMILES string of the molecule is CCS(=O)(=O)NC1CC2CN(C(=O)CCN3CCCCC3)CC2(c2nc(C)no2)C1. The van der Waals surface area contributed by atoms with Crippen LogP contribution >= 0.6 is 0 Å². The molecule has 2 aliphatic heterocycles. The van der Waals surface area contributed by atoms with Crippen LogP contribution in [0.3, 0.4) is 0 Å². The van der Waals surface area contributed by atoms with Crippen molar-refractivity contribution < 1.29 is 17.7 Å². The zero-order valence-electron chi connectivity index (χ0n) is 18.0. The van der Waals surface area contributed by atoms with Gasteiger partial charge >= 0.3 is 0 Å². The number of piperidine rings is 1. The van der Waals surface area contributed by atoms with Crippen LogP contribution < -0.4 is 4.72 Å². The second-order valence-corrected chi connectivity index (χ2v) is 11.1. The first-order chi connectivity index (χ1) is 14.3. The van der Waals surface area contributed by atoms with Gasteiger partial charge in [0.25, 0.3) is 0 Å². The molecule has 30 heavy (non-hydrogen) atoms. The number of nitrogens with one attached hydrogen (secondary N) is 1. The van der Waals surface area contributed by atoms with Gasteiger partial charge in [0.15, 0.2) is 5.82 Å². The van der Waals surface area contributed by atoms with Crippen LogP contribution in [0, 0.1) is 12.8 Å². The Morgan fingerprint density at radius 1 is 1.30 bits per heavy atom. The number of nitrogens with zero attached hydrogens (tertiary/aromatic N) is 4. The van der Waals surface area contributed by atoms with Crippen molar-refractivity contribution in [3.05, 3.63) is 11.7 Å². The average molecular weight is 440 g/mol. The van der Waals surface area contributed by atoms with Crippen LogP contribution in [-0.4, -0.2) is 78.8 Å². The van der Waals surface area contributed by atoms with Crippen molar-refractivity contribution in [2.45, 2.75) is 63.8 Å². The summed E-state index contributed by atoms with van der Waals surface area (Å²) in [5.41, 5.74) is -0.469. The summed E-state index contributed by atoms with van der Waals surface area (Å²) >= 11 is 0. The highest BCUT2D eigenvalue weighted by molar-refractivity contribution is 7.89. The van der Waals surface area contributed by atoms with Crippen molar-refractivity contribution in [3.63, 3.8) is 0 Å². The summed E-state index contributed by atoms with van der Waals surface area (Å²) in [6, 6.07) is -0.169. The van der Waals surface area contributed by atoms with Crippen LogP contribution in [0.2, 0.25) is 0 Å². The molecule has 168 valence electrons. The molecule has 1 saturated carbocycles. The molecule has 0 spiro atoms. The monoisotopic (exact) mass is 439 g/mol. The molecule has 3 heterocycles. The number of rotatable bonds is 7. The minimum absolute atomic E-state index is 0.0575. The number of amides is 1. The number of fused-ring (bicyclic) bond motifs is 1. The molecule has 3 atom stereocenters. The van der Waals surface area contributed by atoms with Crippen molar-refractivity contribution >= 4 is 15.9 Å². The minimum Gasteiger partial charge on any atom is -0.341 e. The first kappa shape index (κ1) is 21.7. The zero-order chi connectivity index (χ0) is 21.4. The van der Waals surface area contributed by atoms with E-state index in [-0.39, 0.29) is 23.6 Å². The number of likely N-dealkylation sites (tertiary alicyclic amines) is 2. The lowest BCUT2D eigenvalue weighted by Crippen LogP contribution is -2.40. The van der Waals surface area contributed by atoms with E-state index in [2.05, 4.69) is 19.8 Å². The highest BCUT2D eigenvalue weighted by Gasteiger charge is 2.58. The van der Waals surface area contributed by atoms with Crippen molar-refractivity contribution in [1.82, 2.24) is 24.7 Å². The molecule has 9 nitrogen and oxygen atoms in total. The Hall–Kier alpha value is -1.52. The molecule has 3 aliphatic rings. The number of carbonyl (C=O) groups excluding carboxylic acids is 1. The Labute approximate surface area is 178 Å². The van der Waals surface area contributed by atoms with Gasteiger partial charge in [0.05, 0.1) is 11.2 Å². The molecular formula is C20H33N5O4S. The van der Waals surface area contributed by atoms with Crippen molar-refractivity contribution in [3.8, 4) is 0 Å². The maximum Gasteiger partial charge on any atom is 0.235 e. The van der Waals surface area contributed by atoms with Crippen molar-refractivity contribution in [2.75, 3.05) is 38.5 Å². The minimum atomic E-state index is -3.29. The molecule has 1 aliphatic carbocycles. The summed E-state index contributed by atoms with van der Waals surface area (Å²) in [6.07, 6.45) is 5.50. The zero-order valence-corrected chi connectivity index (χ0v) is 18.8. The van der Waals surface area contributed by atoms with Gasteiger partial charge in [0.1, 0.15) is 0 Å². The third kappa shape index (κ3) is 4.40. The Morgan fingerprint density at radius 2 is 2.07 bits per heavy atom. The van der Waals surface area contributed by atoms with Crippen LogP contribution in [0.1, 0.15) is 57.2 Å². The normalized spacial score (nSPS) is 30.0. The van der Waals surface area contributed by atoms with E-state index in [4.69, 9.17) is 4.52 Å². The third-order valence-corrected chi connectivity index (χ3v) is 8.45. The lowest BCUT2D eigenvalue weighted by atomic mass is 9.80. The van der Waals surface area contributed by atoms with Gasteiger partial charge in [-0.05, 0) is 58.5 Å². The standard InChI is InChI=1S/C20H33N5O4S/c1-3-30(27,28)23-17-11-16-13-25(18(26)7-10-24-8-5-4-6-9-24)14-20(16,12-17)19-21-15(2)22-29-19/h16-17,23H,3-14H2,1-2H3. The fraction of sp³-hybridized carbons (Fsp3) is 0.850. The van der Waals surface area contributed by atoms with E-state index < -0.39 is 15.4 Å². The van der Waals surface area contributed by atoms with E-state index in [0.717, 1.165) is 19.6 Å². The Kier molecular flexibility index (Phi) is 6.18. The Morgan fingerprint density at radius 3 is 2.73 bits per heavy atom. The van der Waals surface area contributed by atoms with Gasteiger partial charge in [-0.2, -0.15) is 4.98 Å². The second kappa shape index (κ2) is 8.55. The molecule has 0 bridgehead atoms. The molecule has 10 heteroatoms. The van der Waals surface area contributed by atoms with Crippen molar-refractivity contribution in [1.29, 1.82) is 0 Å². The molecule has 3 unspecified atom stereocenters. The molecule has 3 fully saturated rings. The number of aromatic nitrogens is 2. The summed E-state index contributed by atoms with van der Waals surface area (Å²) in [5, 5.41) is 3.96. The van der Waals surface area contributed by atoms with Crippen LogP contribution in [-0.2, 0) is 20.2 Å². The van der Waals surface area contributed by atoms with Gasteiger partial charge in [-0.25, -0.2) is 13.1 Å². The first-order valence-electron chi connectivity index (χ1n) is 11.1. The van der Waals surface area contributed by atoms with E-state index in [1.165, 1.54) is 19.3 Å². The number of sulfonamides is 1.